The Hall–Kier alpha value is -8.47. The Morgan fingerprint density at radius 1 is 0.833 bits per heavy atom. The quantitative estimate of drug-likeness (QED) is 0.0304. The number of nitrogens with one attached hydrogen (secondary N) is 2. The van der Waals surface area contributed by atoms with Gasteiger partial charge in [-0.2, -0.15) is 0 Å². The number of fused-ring (bicyclic) bond motifs is 9. The number of aryl methyl sites for hydroxylation is 3. The lowest BCUT2D eigenvalue weighted by molar-refractivity contribution is -0.152. The fraction of sp³-hybridized carbons (Fsp3) is 0.425. The van der Waals surface area contributed by atoms with Crippen LogP contribution in [0.5, 0.6) is 0 Å². The van der Waals surface area contributed by atoms with E-state index in [0.29, 0.717) is 65.2 Å². The number of carboxylic acids is 3. The first-order valence-corrected chi connectivity index (χ1v) is 30.7. The number of aromatic amines is 2. The van der Waals surface area contributed by atoms with E-state index >= 15 is 0 Å². The number of aliphatic hydroxyl groups excluding tert-OH is 1. The Morgan fingerprint density at radius 2 is 1.51 bits per heavy atom. The average Bonchev–Trinajstić information content (AvgIpc) is 1.51. The third-order valence-corrected chi connectivity index (χ3v) is 18.5. The molecule has 0 spiro atoms. The Kier molecular flexibility index (Phi) is 19.6. The van der Waals surface area contributed by atoms with Crippen molar-refractivity contribution in [1.29, 1.82) is 0 Å². The molecule has 3 fully saturated rings. The number of carbonyl (C=O) groups is 5. The maximum absolute atomic E-state index is 12.7. The van der Waals surface area contributed by atoms with Crippen molar-refractivity contribution >= 4 is 63.1 Å². The van der Waals surface area contributed by atoms with E-state index < -0.39 is 53.0 Å². The van der Waals surface area contributed by atoms with Crippen molar-refractivity contribution in [2.45, 2.75) is 189 Å². The van der Waals surface area contributed by atoms with Crippen LogP contribution in [0, 0.1) is 24.7 Å². The van der Waals surface area contributed by atoms with Gasteiger partial charge in [0, 0.05) is 82.4 Å². The zero-order chi connectivity index (χ0) is 66.2. The highest BCUT2D eigenvalue weighted by molar-refractivity contribution is 6.03. The molecule has 9 rings (SSSR count). The molecule has 0 aromatic carbocycles. The van der Waals surface area contributed by atoms with E-state index in [9.17, 15) is 49.5 Å². The van der Waals surface area contributed by atoms with Gasteiger partial charge in [0.1, 0.15) is 23.1 Å². The van der Waals surface area contributed by atoms with Crippen molar-refractivity contribution in [3.05, 3.63) is 182 Å². The number of aromatic carboxylic acids is 1. The number of allylic oxidation sites excluding steroid dienone is 13. The number of aliphatic carboxylic acids is 2. The minimum absolute atomic E-state index is 0.0388. The van der Waals surface area contributed by atoms with Crippen LogP contribution >= 0.6 is 0 Å². The Labute approximate surface area is 526 Å². The monoisotopic (exact) mass is 1230 g/mol. The van der Waals surface area contributed by atoms with Gasteiger partial charge in [-0.25, -0.2) is 14.6 Å². The first-order chi connectivity index (χ1) is 42.1. The molecule has 17 heteroatoms. The van der Waals surface area contributed by atoms with E-state index in [4.69, 9.17) is 24.2 Å². The largest absolute Gasteiger partial charge is 0.481 e. The highest BCUT2D eigenvalue weighted by atomic mass is 16.6. The number of hydrogen-bond donors (Lipinski definition) is 7. The molecule has 0 radical (unpaired) electrons. The topological polar surface area (TPSA) is 275 Å². The van der Waals surface area contributed by atoms with Crippen LogP contribution in [-0.2, 0) is 46.2 Å². The maximum Gasteiger partial charge on any atom is 0.343 e. The summed E-state index contributed by atoms with van der Waals surface area (Å²) in [6, 6.07) is 5.70. The minimum atomic E-state index is -1.20. The van der Waals surface area contributed by atoms with Gasteiger partial charge in [-0.15, -0.1) is 5.73 Å². The van der Waals surface area contributed by atoms with Crippen molar-refractivity contribution < 1.29 is 63.7 Å². The summed E-state index contributed by atoms with van der Waals surface area (Å²) in [6.45, 7) is 31.0. The van der Waals surface area contributed by atoms with Gasteiger partial charge in [0.2, 0.25) is 0 Å². The first-order valence-electron chi connectivity index (χ1n) is 30.7. The number of rotatable bonds is 16. The summed E-state index contributed by atoms with van der Waals surface area (Å²) >= 11 is 0. The van der Waals surface area contributed by atoms with Crippen molar-refractivity contribution in [3.8, 4) is 0 Å². The van der Waals surface area contributed by atoms with Crippen molar-refractivity contribution in [3.63, 3.8) is 0 Å². The van der Waals surface area contributed by atoms with Gasteiger partial charge in [-0.05, 0) is 162 Å². The molecule has 476 valence electrons. The number of H-pyrrole nitrogens is 2. The predicted octanol–water partition coefficient (Wildman–Crippen LogP) is 13.9. The third-order valence-electron chi connectivity index (χ3n) is 18.5. The lowest BCUT2D eigenvalue weighted by Gasteiger charge is -2.44. The number of ether oxygens (including phenoxy) is 3. The molecule has 7 heterocycles. The summed E-state index contributed by atoms with van der Waals surface area (Å²) in [5.41, 5.74) is 13.1. The van der Waals surface area contributed by atoms with Crippen LogP contribution in [0.15, 0.2) is 131 Å². The normalized spacial score (nSPS) is 25.8. The molecule has 3 aromatic rings. The molecule has 6 aliphatic rings. The minimum Gasteiger partial charge on any atom is -0.481 e. The number of hydrogen-bond acceptors (Lipinski definition) is 12. The van der Waals surface area contributed by atoms with Gasteiger partial charge < -0.3 is 49.7 Å². The van der Waals surface area contributed by atoms with Gasteiger partial charge in [-0.3, -0.25) is 19.4 Å². The number of carboxylic acid groups (broad SMARTS) is 3. The number of nitrogens with zero attached hydrogens (tertiary/aromatic N) is 2. The smallest absolute Gasteiger partial charge is 0.343 e. The molecular formula is C73H86N4O13. The molecule has 5 unspecified atom stereocenters. The van der Waals surface area contributed by atoms with Gasteiger partial charge >= 0.3 is 29.8 Å². The molecule has 0 amide bonds. The molecule has 7 atom stereocenters. The molecule has 2 saturated carbocycles. The van der Waals surface area contributed by atoms with Crippen LogP contribution in [-0.4, -0.2) is 104 Å². The SMILES string of the molecule is C=CC1=C(C)c2cc3nc(c(CC(=O)O)c4[nH]c(cc5[nH]c(cc1n2)c(C)c5CC)c(C)c4C(=O)O)[C@@H](CCC(=O)O)[C@@H]3C.CC(=O)OC1CC(C)(C)C(=C=C/C(C)=C/C=C/C=C/C=C(C)/C=C2C=C(/C=C/C34OC3(C)CC(O)CC4(C)C)C(=O)O/2)C(C)(O)C1. The zero-order valence-corrected chi connectivity index (χ0v) is 54.2. The van der Waals surface area contributed by atoms with Gasteiger partial charge in [-0.1, -0.05) is 90.7 Å². The fourth-order valence-corrected chi connectivity index (χ4v) is 14.1. The van der Waals surface area contributed by atoms with Crippen molar-refractivity contribution in [2.75, 3.05) is 0 Å². The van der Waals surface area contributed by atoms with Crippen LogP contribution in [0.25, 0.3) is 33.2 Å². The molecule has 2 aliphatic carbocycles. The number of cyclic esters (lactones) is 1. The van der Waals surface area contributed by atoms with Crippen LogP contribution < -0.4 is 0 Å². The molecule has 17 nitrogen and oxygen atoms in total. The fourth-order valence-electron chi connectivity index (χ4n) is 14.1. The second kappa shape index (κ2) is 26.2. The molecule has 1 saturated heterocycles. The molecule has 4 aliphatic heterocycles. The highest BCUT2D eigenvalue weighted by Crippen LogP contribution is 2.66. The van der Waals surface area contributed by atoms with E-state index in [1.807, 2.05) is 135 Å². The van der Waals surface area contributed by atoms with Crippen molar-refractivity contribution in [1.82, 2.24) is 19.9 Å². The van der Waals surface area contributed by atoms with E-state index in [-0.39, 0.29) is 64.4 Å². The lowest BCUT2D eigenvalue weighted by atomic mass is 9.63. The number of aliphatic hydroxyl groups is 2. The number of carbonyl (C=O) groups excluding carboxylic acids is 2. The number of epoxide rings is 1. The Bertz CT molecular complexity index is 3970. The molecule has 3 aromatic heterocycles. The summed E-state index contributed by atoms with van der Waals surface area (Å²) < 4.78 is 17.1. The highest BCUT2D eigenvalue weighted by Gasteiger charge is 2.74. The van der Waals surface area contributed by atoms with Crippen LogP contribution in [0.2, 0.25) is 0 Å². The van der Waals surface area contributed by atoms with Crippen LogP contribution in [0.3, 0.4) is 0 Å². The molecule has 8 bridgehead atoms. The van der Waals surface area contributed by atoms with Gasteiger partial charge in [0.05, 0.1) is 51.9 Å². The van der Waals surface area contributed by atoms with E-state index in [2.05, 4.69) is 36.1 Å². The summed E-state index contributed by atoms with van der Waals surface area (Å²) in [5.74, 6) is -4.33. The zero-order valence-electron chi connectivity index (χ0n) is 54.2. The molecular weight excluding hydrogens is 1140 g/mol. The molecule has 7 N–H and O–H groups in total. The molecule has 90 heavy (non-hydrogen) atoms. The number of esters is 2. The van der Waals surface area contributed by atoms with E-state index in [0.717, 1.165) is 62.1 Å². The lowest BCUT2D eigenvalue weighted by Crippen LogP contribution is -2.46. The maximum atomic E-state index is 12.7. The van der Waals surface area contributed by atoms with E-state index in [1.165, 1.54) is 6.92 Å². The van der Waals surface area contributed by atoms with Crippen LogP contribution in [0.4, 0.5) is 0 Å². The third kappa shape index (κ3) is 14.1. The Morgan fingerprint density at radius 3 is 2.12 bits per heavy atom. The second-order valence-electron chi connectivity index (χ2n) is 26.4. The summed E-state index contributed by atoms with van der Waals surface area (Å²) in [4.78, 5) is 77.2. The standard InChI is InChI=1S/C39H50O7.C34H36N4O6/c1-26(16-17-33-35(4,5)24-32(44-28(3)40)25-37(33,8)43)14-12-10-11-13-15-27(2)20-31-21-29(34(42)45-31)18-19-39-36(6,7)22-30(41)23-38(39,9)46-39;1-7-19-15(3)23-12-25-17(5)21(9-10-29(39)40)32(37-25)22(11-30(41)42)33-31(34(43)44)18(6)26(38-33)14-28-20(8-2)16(4)24(36-28)13-27(19)35-23/h10-16,18-21,30,32,41,43H,22-25H2,1-9H3;7,12-14,17,21,36,38H,1,8-11H2,2-6H3,(H,39,40)(H,41,42)(H,43,44)/b12-10+,13-11+,19-18+,26-14+,27-15+,31-20-;/t;17-,21-/m.0/s1. The van der Waals surface area contributed by atoms with Gasteiger partial charge in [0.25, 0.3) is 0 Å². The second-order valence-corrected chi connectivity index (χ2v) is 26.4. The van der Waals surface area contributed by atoms with Crippen molar-refractivity contribution in [2.24, 2.45) is 10.8 Å². The number of aromatic nitrogens is 4. The summed E-state index contributed by atoms with van der Waals surface area (Å²) in [5, 5.41) is 51.3. The Balaban J connectivity index is 0.000000232. The summed E-state index contributed by atoms with van der Waals surface area (Å²) in [6.07, 6.45) is 24.3. The summed E-state index contributed by atoms with van der Waals surface area (Å²) in [7, 11) is 0. The van der Waals surface area contributed by atoms with Crippen LogP contribution in [0.1, 0.15) is 189 Å². The first kappa shape index (κ1) is 67.5. The predicted molar refractivity (Wildman–Crippen MR) is 348 cm³/mol. The average molecular weight is 1230 g/mol. The van der Waals surface area contributed by atoms with E-state index in [1.54, 1.807) is 32.1 Å². The van der Waals surface area contributed by atoms with Gasteiger partial charge in [0.15, 0.2) is 0 Å².